The molecular formula is C14H21N3O3. The van der Waals surface area contributed by atoms with Gasteiger partial charge in [-0.05, 0) is 26.3 Å². The molecule has 1 fully saturated rings. The monoisotopic (exact) mass is 279 g/mol. The van der Waals surface area contributed by atoms with E-state index in [1.54, 1.807) is 25.0 Å². The highest BCUT2D eigenvalue weighted by atomic mass is 16.5. The number of hydrogen-bond donors (Lipinski definition) is 0. The molecule has 1 aliphatic rings. The van der Waals surface area contributed by atoms with E-state index in [0.717, 1.165) is 12.1 Å². The molecule has 110 valence electrons. The third kappa shape index (κ3) is 3.74. The van der Waals surface area contributed by atoms with Crippen LogP contribution in [0.25, 0.3) is 0 Å². The number of carbonyl (C=O) groups excluding carboxylic acids is 1. The van der Waals surface area contributed by atoms with Crippen molar-refractivity contribution in [1.82, 2.24) is 14.9 Å². The van der Waals surface area contributed by atoms with Gasteiger partial charge in [-0.25, -0.2) is 9.97 Å². The van der Waals surface area contributed by atoms with Gasteiger partial charge < -0.3 is 14.4 Å². The molecule has 20 heavy (non-hydrogen) atoms. The normalized spacial score (nSPS) is 19.1. The SMILES string of the molecule is COCCC1CN(C(=O)c2cc(C)nc(C)n2)CCO1. The van der Waals surface area contributed by atoms with Crippen LogP contribution in [0.1, 0.15) is 28.4 Å². The van der Waals surface area contributed by atoms with Crippen molar-refractivity contribution in [3.05, 3.63) is 23.3 Å². The van der Waals surface area contributed by atoms with Gasteiger partial charge in [0.25, 0.3) is 5.91 Å². The fourth-order valence-electron chi connectivity index (χ4n) is 2.32. The van der Waals surface area contributed by atoms with Gasteiger partial charge in [0.15, 0.2) is 0 Å². The number of aromatic nitrogens is 2. The van der Waals surface area contributed by atoms with Crippen molar-refractivity contribution in [1.29, 1.82) is 0 Å². The first kappa shape index (κ1) is 14.9. The van der Waals surface area contributed by atoms with E-state index >= 15 is 0 Å². The van der Waals surface area contributed by atoms with Gasteiger partial charge in [0.1, 0.15) is 11.5 Å². The van der Waals surface area contributed by atoms with Crippen LogP contribution in [0.3, 0.4) is 0 Å². The Labute approximate surface area is 119 Å². The lowest BCUT2D eigenvalue weighted by molar-refractivity contribution is -0.0334. The lowest BCUT2D eigenvalue weighted by Gasteiger charge is -2.32. The molecule has 2 rings (SSSR count). The van der Waals surface area contributed by atoms with Crippen LogP contribution in [-0.2, 0) is 9.47 Å². The molecule has 0 saturated carbocycles. The zero-order valence-corrected chi connectivity index (χ0v) is 12.3. The van der Waals surface area contributed by atoms with Gasteiger partial charge in [0, 0.05) is 32.5 Å². The van der Waals surface area contributed by atoms with Gasteiger partial charge in [-0.15, -0.1) is 0 Å². The van der Waals surface area contributed by atoms with Crippen LogP contribution < -0.4 is 0 Å². The fourth-order valence-corrected chi connectivity index (χ4v) is 2.32. The Morgan fingerprint density at radius 1 is 1.50 bits per heavy atom. The zero-order valence-electron chi connectivity index (χ0n) is 12.3. The molecule has 2 heterocycles. The average Bonchev–Trinajstić information content (AvgIpc) is 2.43. The highest BCUT2D eigenvalue weighted by Gasteiger charge is 2.25. The number of amides is 1. The average molecular weight is 279 g/mol. The molecule has 6 heteroatoms. The Balaban J connectivity index is 2.04. The minimum Gasteiger partial charge on any atom is -0.385 e. The van der Waals surface area contributed by atoms with Crippen LogP contribution in [0.15, 0.2) is 6.07 Å². The van der Waals surface area contributed by atoms with Crippen molar-refractivity contribution in [3.8, 4) is 0 Å². The van der Waals surface area contributed by atoms with Gasteiger partial charge in [0.05, 0.1) is 12.7 Å². The molecule has 1 unspecified atom stereocenters. The van der Waals surface area contributed by atoms with Crippen molar-refractivity contribution in [3.63, 3.8) is 0 Å². The summed E-state index contributed by atoms with van der Waals surface area (Å²) in [5, 5.41) is 0. The number of aryl methyl sites for hydroxylation is 2. The second-order valence-corrected chi connectivity index (χ2v) is 4.97. The maximum absolute atomic E-state index is 12.5. The first-order valence-electron chi connectivity index (χ1n) is 6.82. The Morgan fingerprint density at radius 2 is 2.30 bits per heavy atom. The molecule has 1 aliphatic heterocycles. The number of carbonyl (C=O) groups is 1. The molecule has 1 saturated heterocycles. The molecule has 0 aliphatic carbocycles. The Bertz CT molecular complexity index is 458. The van der Waals surface area contributed by atoms with Gasteiger partial charge in [-0.2, -0.15) is 0 Å². The van der Waals surface area contributed by atoms with E-state index in [1.165, 1.54) is 0 Å². The zero-order chi connectivity index (χ0) is 14.5. The maximum atomic E-state index is 12.5. The summed E-state index contributed by atoms with van der Waals surface area (Å²) in [5.74, 6) is 0.571. The van der Waals surface area contributed by atoms with E-state index in [0.29, 0.717) is 37.8 Å². The predicted molar refractivity (Wildman–Crippen MR) is 73.6 cm³/mol. The minimum atomic E-state index is -0.0516. The molecule has 6 nitrogen and oxygen atoms in total. The number of morpholine rings is 1. The first-order valence-corrected chi connectivity index (χ1v) is 6.82. The molecule has 1 amide bonds. The highest BCUT2D eigenvalue weighted by molar-refractivity contribution is 5.92. The second kappa shape index (κ2) is 6.76. The molecule has 1 aromatic heterocycles. The summed E-state index contributed by atoms with van der Waals surface area (Å²) in [6, 6.07) is 1.73. The molecule has 1 aromatic rings. The van der Waals surface area contributed by atoms with Crippen LogP contribution in [-0.4, -0.2) is 60.3 Å². The lowest BCUT2D eigenvalue weighted by atomic mass is 10.2. The maximum Gasteiger partial charge on any atom is 0.272 e. The number of nitrogens with zero attached hydrogens (tertiary/aromatic N) is 3. The van der Waals surface area contributed by atoms with Crippen LogP contribution >= 0.6 is 0 Å². The molecule has 0 bridgehead atoms. The summed E-state index contributed by atoms with van der Waals surface area (Å²) < 4.78 is 10.7. The van der Waals surface area contributed by atoms with E-state index in [2.05, 4.69) is 9.97 Å². The largest absolute Gasteiger partial charge is 0.385 e. The minimum absolute atomic E-state index is 0.0386. The Morgan fingerprint density at radius 3 is 3.00 bits per heavy atom. The van der Waals surface area contributed by atoms with Crippen LogP contribution in [0.4, 0.5) is 0 Å². The molecule has 0 aromatic carbocycles. The fraction of sp³-hybridized carbons (Fsp3) is 0.643. The molecule has 0 spiro atoms. The van der Waals surface area contributed by atoms with Crippen molar-refractivity contribution in [2.75, 3.05) is 33.4 Å². The van der Waals surface area contributed by atoms with Crippen molar-refractivity contribution >= 4 is 5.91 Å². The Kier molecular flexibility index (Phi) is 5.03. The van der Waals surface area contributed by atoms with Gasteiger partial charge in [-0.3, -0.25) is 4.79 Å². The van der Waals surface area contributed by atoms with Crippen LogP contribution in [0.2, 0.25) is 0 Å². The van der Waals surface area contributed by atoms with Crippen molar-refractivity contribution in [2.45, 2.75) is 26.4 Å². The summed E-state index contributed by atoms with van der Waals surface area (Å²) in [4.78, 5) is 22.7. The van der Waals surface area contributed by atoms with Crippen molar-refractivity contribution in [2.24, 2.45) is 0 Å². The van der Waals surface area contributed by atoms with E-state index in [1.807, 2.05) is 6.92 Å². The van der Waals surface area contributed by atoms with E-state index in [4.69, 9.17) is 9.47 Å². The molecule has 1 atom stereocenters. The topological polar surface area (TPSA) is 64.5 Å². The second-order valence-electron chi connectivity index (χ2n) is 4.97. The molecule has 0 N–H and O–H groups in total. The summed E-state index contributed by atoms with van der Waals surface area (Å²) >= 11 is 0. The third-order valence-corrected chi connectivity index (χ3v) is 3.26. The standard InChI is InChI=1S/C14H21N3O3/c1-10-8-13(16-11(2)15-10)14(18)17-5-7-20-12(9-17)4-6-19-3/h8,12H,4-7,9H2,1-3H3. The molecule has 0 radical (unpaired) electrons. The number of ether oxygens (including phenoxy) is 2. The highest BCUT2D eigenvalue weighted by Crippen LogP contribution is 2.12. The van der Waals surface area contributed by atoms with Gasteiger partial charge in [0.2, 0.25) is 0 Å². The first-order chi connectivity index (χ1) is 9.60. The van der Waals surface area contributed by atoms with Crippen LogP contribution in [0.5, 0.6) is 0 Å². The smallest absolute Gasteiger partial charge is 0.272 e. The third-order valence-electron chi connectivity index (χ3n) is 3.26. The Hall–Kier alpha value is -1.53. The molecular weight excluding hydrogens is 258 g/mol. The van der Waals surface area contributed by atoms with Gasteiger partial charge in [-0.1, -0.05) is 0 Å². The number of hydrogen-bond acceptors (Lipinski definition) is 5. The quantitative estimate of drug-likeness (QED) is 0.821. The van der Waals surface area contributed by atoms with E-state index < -0.39 is 0 Å². The summed E-state index contributed by atoms with van der Waals surface area (Å²) in [5.41, 5.74) is 1.27. The number of rotatable bonds is 4. The van der Waals surface area contributed by atoms with E-state index in [9.17, 15) is 4.79 Å². The number of methoxy groups -OCH3 is 1. The summed E-state index contributed by atoms with van der Waals surface area (Å²) in [6.45, 7) is 6.05. The van der Waals surface area contributed by atoms with Gasteiger partial charge >= 0.3 is 0 Å². The lowest BCUT2D eigenvalue weighted by Crippen LogP contribution is -2.46. The summed E-state index contributed by atoms with van der Waals surface area (Å²) in [6.07, 6.45) is 0.832. The summed E-state index contributed by atoms with van der Waals surface area (Å²) in [7, 11) is 1.66. The van der Waals surface area contributed by atoms with E-state index in [-0.39, 0.29) is 12.0 Å². The predicted octanol–water partition coefficient (Wildman–Crippen LogP) is 0.971. The van der Waals surface area contributed by atoms with Crippen LogP contribution in [0, 0.1) is 13.8 Å². The van der Waals surface area contributed by atoms with Crippen molar-refractivity contribution < 1.29 is 14.3 Å².